The van der Waals surface area contributed by atoms with E-state index in [1.54, 1.807) is 4.90 Å². The minimum Gasteiger partial charge on any atom is -0.355 e. The van der Waals surface area contributed by atoms with E-state index in [0.29, 0.717) is 19.0 Å². The highest BCUT2D eigenvalue weighted by Crippen LogP contribution is 2.29. The first kappa shape index (κ1) is 16.0. The van der Waals surface area contributed by atoms with Gasteiger partial charge in [0.15, 0.2) is 0 Å². The Morgan fingerprint density at radius 1 is 1.21 bits per heavy atom. The zero-order valence-electron chi connectivity index (χ0n) is 12.2. The maximum absolute atomic E-state index is 12.4. The van der Waals surface area contributed by atoms with Crippen LogP contribution in [0.25, 0.3) is 0 Å². The minimum atomic E-state index is -0.0756. The summed E-state index contributed by atoms with van der Waals surface area (Å²) in [5, 5.41) is 2.73. The van der Waals surface area contributed by atoms with E-state index in [4.69, 9.17) is 5.73 Å². The van der Waals surface area contributed by atoms with Crippen molar-refractivity contribution in [1.29, 1.82) is 0 Å². The summed E-state index contributed by atoms with van der Waals surface area (Å²) in [6.45, 7) is 5.89. The second-order valence-electron chi connectivity index (χ2n) is 5.26. The van der Waals surface area contributed by atoms with E-state index in [-0.39, 0.29) is 24.3 Å². The first-order chi connectivity index (χ1) is 9.12. The summed E-state index contributed by atoms with van der Waals surface area (Å²) in [4.78, 5) is 25.6. The molecule has 0 aliphatic heterocycles. The minimum absolute atomic E-state index is 0.0756. The molecule has 0 atom stereocenters. The highest BCUT2D eigenvalue weighted by Gasteiger charge is 2.29. The number of amides is 2. The van der Waals surface area contributed by atoms with E-state index >= 15 is 0 Å². The average Bonchev–Trinajstić information content (AvgIpc) is 2.44. The predicted molar refractivity (Wildman–Crippen MR) is 75.4 cm³/mol. The van der Waals surface area contributed by atoms with Gasteiger partial charge in [0.25, 0.3) is 0 Å². The molecule has 19 heavy (non-hydrogen) atoms. The number of rotatable bonds is 6. The summed E-state index contributed by atoms with van der Waals surface area (Å²) in [7, 11) is 0. The number of likely N-dealkylation sites (N-methyl/N-ethyl adjacent to an activating group) is 2. The van der Waals surface area contributed by atoms with Gasteiger partial charge in [0, 0.05) is 19.0 Å². The first-order valence-electron chi connectivity index (χ1n) is 7.37. The molecule has 1 saturated carbocycles. The third-order valence-electron chi connectivity index (χ3n) is 3.93. The maximum atomic E-state index is 12.4. The van der Waals surface area contributed by atoms with Crippen LogP contribution in [-0.2, 0) is 9.59 Å². The number of carbonyl (C=O) groups is 2. The van der Waals surface area contributed by atoms with Crippen molar-refractivity contribution >= 4 is 11.8 Å². The van der Waals surface area contributed by atoms with Crippen LogP contribution in [0.5, 0.6) is 0 Å². The van der Waals surface area contributed by atoms with Crippen molar-refractivity contribution in [3.8, 4) is 0 Å². The number of carbonyl (C=O) groups excluding carboxylic acids is 2. The van der Waals surface area contributed by atoms with Crippen molar-refractivity contribution in [2.24, 2.45) is 17.6 Å². The molecule has 3 N–H and O–H groups in total. The van der Waals surface area contributed by atoms with Crippen LogP contribution in [0.15, 0.2) is 0 Å². The third-order valence-corrected chi connectivity index (χ3v) is 3.93. The average molecular weight is 269 g/mol. The van der Waals surface area contributed by atoms with Crippen molar-refractivity contribution in [3.63, 3.8) is 0 Å². The number of hydrogen-bond donors (Lipinski definition) is 2. The fourth-order valence-electron chi connectivity index (χ4n) is 2.68. The zero-order chi connectivity index (χ0) is 14.3. The predicted octanol–water partition coefficient (Wildman–Crippen LogP) is 0.736. The van der Waals surface area contributed by atoms with Gasteiger partial charge in [-0.1, -0.05) is 0 Å². The second kappa shape index (κ2) is 8.15. The lowest BCUT2D eigenvalue weighted by Crippen LogP contribution is -2.44. The topological polar surface area (TPSA) is 75.4 Å². The van der Waals surface area contributed by atoms with Crippen LogP contribution in [-0.4, -0.2) is 42.9 Å². The quantitative estimate of drug-likeness (QED) is 0.746. The van der Waals surface area contributed by atoms with E-state index in [1.165, 1.54) is 0 Å². The van der Waals surface area contributed by atoms with Crippen molar-refractivity contribution in [2.45, 2.75) is 39.5 Å². The molecule has 5 heteroatoms. The summed E-state index contributed by atoms with van der Waals surface area (Å²) in [6.07, 6.45) is 3.89. The monoisotopic (exact) mass is 269 g/mol. The summed E-state index contributed by atoms with van der Waals surface area (Å²) in [5.41, 5.74) is 5.66. The Balaban J connectivity index is 2.47. The Bertz CT molecular complexity index is 299. The van der Waals surface area contributed by atoms with Crippen LogP contribution in [0.4, 0.5) is 0 Å². The van der Waals surface area contributed by atoms with E-state index in [9.17, 15) is 9.59 Å². The van der Waals surface area contributed by atoms with Gasteiger partial charge in [-0.15, -0.1) is 0 Å². The zero-order valence-corrected chi connectivity index (χ0v) is 12.2. The van der Waals surface area contributed by atoms with Gasteiger partial charge in [0.05, 0.1) is 6.54 Å². The van der Waals surface area contributed by atoms with Crippen molar-refractivity contribution in [1.82, 2.24) is 10.2 Å². The highest BCUT2D eigenvalue weighted by molar-refractivity contribution is 5.85. The summed E-state index contributed by atoms with van der Waals surface area (Å²) in [5.74, 6) is 0.706. The largest absolute Gasteiger partial charge is 0.355 e. The Morgan fingerprint density at radius 2 is 1.84 bits per heavy atom. The molecule has 0 aromatic rings. The molecule has 0 radical (unpaired) electrons. The molecule has 0 saturated heterocycles. The lowest BCUT2D eigenvalue weighted by atomic mass is 9.81. The smallest absolute Gasteiger partial charge is 0.239 e. The summed E-state index contributed by atoms with van der Waals surface area (Å²) < 4.78 is 0. The van der Waals surface area contributed by atoms with Crippen molar-refractivity contribution < 1.29 is 9.59 Å². The van der Waals surface area contributed by atoms with Crippen LogP contribution in [0.1, 0.15) is 39.5 Å². The van der Waals surface area contributed by atoms with Crippen molar-refractivity contribution in [3.05, 3.63) is 0 Å². The number of hydrogen-bond acceptors (Lipinski definition) is 3. The molecule has 0 heterocycles. The summed E-state index contributed by atoms with van der Waals surface area (Å²) in [6, 6.07) is 0. The van der Waals surface area contributed by atoms with Gasteiger partial charge in [-0.25, -0.2) is 0 Å². The Morgan fingerprint density at radius 3 is 2.32 bits per heavy atom. The van der Waals surface area contributed by atoms with E-state index < -0.39 is 0 Å². The van der Waals surface area contributed by atoms with Gasteiger partial charge in [-0.3, -0.25) is 9.59 Å². The highest BCUT2D eigenvalue weighted by atomic mass is 16.2. The van der Waals surface area contributed by atoms with Crippen LogP contribution in [0.3, 0.4) is 0 Å². The van der Waals surface area contributed by atoms with Crippen LogP contribution in [0, 0.1) is 11.8 Å². The molecular weight excluding hydrogens is 242 g/mol. The molecule has 2 amide bonds. The second-order valence-corrected chi connectivity index (χ2v) is 5.26. The molecule has 1 rings (SSSR count). The third kappa shape index (κ3) is 4.82. The Labute approximate surface area is 115 Å². The van der Waals surface area contributed by atoms with E-state index in [2.05, 4.69) is 5.32 Å². The molecule has 110 valence electrons. The van der Waals surface area contributed by atoms with E-state index in [0.717, 1.165) is 32.2 Å². The molecule has 1 aliphatic carbocycles. The fraction of sp³-hybridized carbons (Fsp3) is 0.857. The SMILES string of the molecule is CCNC(=O)CN(CC)C(=O)C1CCC(CN)CC1. The Kier molecular flexibility index (Phi) is 6.84. The van der Waals surface area contributed by atoms with Crippen LogP contribution >= 0.6 is 0 Å². The number of nitrogens with zero attached hydrogens (tertiary/aromatic N) is 1. The maximum Gasteiger partial charge on any atom is 0.239 e. The molecule has 0 spiro atoms. The number of nitrogens with two attached hydrogens (primary N) is 1. The number of nitrogens with one attached hydrogen (secondary N) is 1. The lowest BCUT2D eigenvalue weighted by molar-refractivity contribution is -0.140. The van der Waals surface area contributed by atoms with Gasteiger partial charge < -0.3 is 16.0 Å². The lowest BCUT2D eigenvalue weighted by Gasteiger charge is -2.31. The molecule has 5 nitrogen and oxygen atoms in total. The first-order valence-corrected chi connectivity index (χ1v) is 7.37. The normalized spacial score (nSPS) is 22.9. The van der Waals surface area contributed by atoms with Gasteiger partial charge in [-0.2, -0.15) is 0 Å². The van der Waals surface area contributed by atoms with Gasteiger partial charge in [0.1, 0.15) is 0 Å². The molecule has 1 aliphatic rings. The molecule has 1 fully saturated rings. The van der Waals surface area contributed by atoms with Gasteiger partial charge in [-0.05, 0) is 52.0 Å². The molecule has 0 aromatic heterocycles. The van der Waals surface area contributed by atoms with Gasteiger partial charge >= 0.3 is 0 Å². The van der Waals surface area contributed by atoms with Crippen molar-refractivity contribution in [2.75, 3.05) is 26.2 Å². The standard InChI is InChI=1S/C14H27N3O2/c1-3-16-13(18)10-17(4-2)14(19)12-7-5-11(9-15)6-8-12/h11-12H,3-10,15H2,1-2H3,(H,16,18). The molecule has 0 aromatic carbocycles. The molecule has 0 unspecified atom stereocenters. The fourth-order valence-corrected chi connectivity index (χ4v) is 2.68. The molecule has 0 bridgehead atoms. The Hall–Kier alpha value is -1.10. The molecular formula is C14H27N3O2. The van der Waals surface area contributed by atoms with Crippen LogP contribution in [0.2, 0.25) is 0 Å². The van der Waals surface area contributed by atoms with Crippen LogP contribution < -0.4 is 11.1 Å². The summed E-state index contributed by atoms with van der Waals surface area (Å²) >= 11 is 0. The van der Waals surface area contributed by atoms with Gasteiger partial charge in [0.2, 0.25) is 11.8 Å². The van der Waals surface area contributed by atoms with E-state index in [1.807, 2.05) is 13.8 Å².